The van der Waals surface area contributed by atoms with Gasteiger partial charge in [-0.2, -0.15) is 0 Å². The third-order valence-corrected chi connectivity index (χ3v) is 12.2. The van der Waals surface area contributed by atoms with Gasteiger partial charge in [0, 0.05) is 27.1 Å². The molecular formula is C38H58N6O8S2. The number of hydrogen-bond acceptors (Lipinski definition) is 10. The van der Waals surface area contributed by atoms with Crippen LogP contribution in [-0.2, 0) is 33.5 Å². The van der Waals surface area contributed by atoms with Crippen LogP contribution < -0.4 is 21.3 Å². The van der Waals surface area contributed by atoms with Gasteiger partial charge in [-0.05, 0) is 40.7 Å². The second kappa shape index (κ2) is 19.2. The van der Waals surface area contributed by atoms with Crippen molar-refractivity contribution < 1.29 is 38.3 Å². The maximum absolute atomic E-state index is 14.4. The molecule has 300 valence electrons. The third kappa shape index (κ3) is 12.6. The minimum Gasteiger partial charge on any atom is -0.449 e. The Morgan fingerprint density at radius 3 is 2.13 bits per heavy atom. The van der Waals surface area contributed by atoms with Crippen molar-refractivity contribution in [2.24, 2.45) is 10.8 Å². The lowest BCUT2D eigenvalue weighted by Gasteiger charge is -2.36. The van der Waals surface area contributed by atoms with E-state index in [9.17, 15) is 33.6 Å². The first-order valence-corrected chi connectivity index (χ1v) is 20.3. The molecule has 0 bridgehead atoms. The highest BCUT2D eigenvalue weighted by Crippen LogP contribution is 2.50. The number of benzene rings is 1. The molecule has 4 N–H and O–H groups in total. The van der Waals surface area contributed by atoms with Crippen molar-refractivity contribution in [1.82, 2.24) is 31.1 Å². The summed E-state index contributed by atoms with van der Waals surface area (Å²) in [6.07, 6.45) is 1.17. The summed E-state index contributed by atoms with van der Waals surface area (Å²) >= 11 is 3.40. The van der Waals surface area contributed by atoms with Gasteiger partial charge in [0.15, 0.2) is 0 Å². The fourth-order valence-corrected chi connectivity index (χ4v) is 9.37. The molecule has 54 heavy (non-hydrogen) atoms. The molecule has 4 atom stereocenters. The lowest BCUT2D eigenvalue weighted by Crippen LogP contribution is -2.59. The SMILES string of the molecule is CCCC(NC(=O)[C@@H]1CC2(CN1C(=O)[C@@H](NC(=O)OCC(C)(C)C)C(C)(C)C)SCCCS2)C(=O)C(=O)NCC(=O)NC(C(=O)N(C)C)c1ccccc1. The van der Waals surface area contributed by atoms with Gasteiger partial charge in [0.1, 0.15) is 18.1 Å². The Balaban J connectivity index is 1.76. The van der Waals surface area contributed by atoms with E-state index in [1.165, 1.54) is 9.80 Å². The number of nitrogens with one attached hydrogen (secondary N) is 4. The first-order valence-electron chi connectivity index (χ1n) is 18.4. The molecule has 14 nitrogen and oxygen atoms in total. The van der Waals surface area contributed by atoms with Gasteiger partial charge in [-0.1, -0.05) is 85.2 Å². The Labute approximate surface area is 327 Å². The molecule has 0 saturated carbocycles. The van der Waals surface area contributed by atoms with E-state index in [1.54, 1.807) is 74.9 Å². The molecule has 0 radical (unpaired) electrons. The number of nitrogens with zero attached hydrogens (tertiary/aromatic N) is 2. The number of Topliss-reactive ketones (excluding diaryl/α,β-unsaturated/α-hetero) is 1. The number of thioether (sulfide) groups is 2. The Morgan fingerprint density at radius 1 is 0.944 bits per heavy atom. The van der Waals surface area contributed by atoms with Crippen LogP contribution in [0.15, 0.2) is 30.3 Å². The number of hydrogen-bond donors (Lipinski definition) is 4. The summed E-state index contributed by atoms with van der Waals surface area (Å²) in [5.74, 6) is -2.37. The van der Waals surface area contributed by atoms with Crippen LogP contribution in [0.2, 0.25) is 0 Å². The summed E-state index contributed by atoms with van der Waals surface area (Å²) in [7, 11) is 3.12. The summed E-state index contributed by atoms with van der Waals surface area (Å²) in [5, 5.41) is 10.4. The molecule has 1 spiro atoms. The van der Waals surface area contributed by atoms with E-state index in [4.69, 9.17) is 4.74 Å². The Hall–Kier alpha value is -3.79. The number of rotatable bonds is 14. The van der Waals surface area contributed by atoms with E-state index >= 15 is 0 Å². The molecule has 6 amide bonds. The second-order valence-electron chi connectivity index (χ2n) is 16.3. The summed E-state index contributed by atoms with van der Waals surface area (Å²) < 4.78 is 4.97. The minimum atomic E-state index is -1.22. The number of carbonyl (C=O) groups is 7. The first kappa shape index (κ1) is 44.6. The molecule has 1 aromatic rings. The number of amides is 6. The van der Waals surface area contributed by atoms with Crippen LogP contribution in [0, 0.1) is 10.8 Å². The number of ketones is 1. The zero-order chi connectivity index (χ0) is 40.4. The maximum atomic E-state index is 14.4. The first-order chi connectivity index (χ1) is 25.2. The molecule has 2 aliphatic rings. The molecular weight excluding hydrogens is 733 g/mol. The fourth-order valence-electron chi connectivity index (χ4n) is 6.02. The lowest BCUT2D eigenvalue weighted by molar-refractivity contribution is -0.144. The van der Waals surface area contributed by atoms with Gasteiger partial charge in [0.05, 0.1) is 23.3 Å². The standard InChI is InChI=1S/C38H58N6O8S2/c1-10-15-25(29(46)32(48)39-21-27(45)41-28(33(49)43(8)9)24-16-12-11-13-17-24)40-31(47)26-20-38(53-18-14-19-54-38)22-44(26)34(50)30(37(5,6)7)42-35(51)52-23-36(2,3)4/h11-13,16-17,25-26,28,30H,10,14-15,18-23H2,1-9H3,(H,39,48)(H,40,47)(H,41,45)(H,42,51)/t25?,26-,28?,30+/m0/s1. The van der Waals surface area contributed by atoms with Gasteiger partial charge in [0.2, 0.25) is 29.4 Å². The highest BCUT2D eigenvalue weighted by atomic mass is 32.2. The van der Waals surface area contributed by atoms with Gasteiger partial charge in [-0.15, -0.1) is 23.5 Å². The normalized spacial score (nSPS) is 18.5. The number of alkyl carbamates (subject to hydrolysis) is 1. The van der Waals surface area contributed by atoms with Crippen molar-refractivity contribution in [2.45, 2.75) is 102 Å². The van der Waals surface area contributed by atoms with Crippen LogP contribution in [-0.4, -0.2) is 119 Å². The van der Waals surface area contributed by atoms with Crippen molar-refractivity contribution in [2.75, 3.05) is 45.3 Å². The predicted octanol–water partition coefficient (Wildman–Crippen LogP) is 3.26. The average Bonchev–Trinajstić information content (AvgIpc) is 3.48. The van der Waals surface area contributed by atoms with Gasteiger partial charge in [-0.3, -0.25) is 28.8 Å². The summed E-state index contributed by atoms with van der Waals surface area (Å²) in [4.78, 5) is 96.5. The van der Waals surface area contributed by atoms with Gasteiger partial charge >= 0.3 is 6.09 Å². The van der Waals surface area contributed by atoms with Crippen LogP contribution in [0.25, 0.3) is 0 Å². The monoisotopic (exact) mass is 790 g/mol. The van der Waals surface area contributed by atoms with E-state index < -0.39 is 75.7 Å². The van der Waals surface area contributed by atoms with E-state index in [0.29, 0.717) is 18.4 Å². The Kier molecular flexibility index (Phi) is 15.8. The van der Waals surface area contributed by atoms with E-state index in [-0.39, 0.29) is 30.9 Å². The average molecular weight is 791 g/mol. The molecule has 2 aliphatic heterocycles. The molecule has 2 saturated heterocycles. The molecule has 2 unspecified atom stereocenters. The highest BCUT2D eigenvalue weighted by Gasteiger charge is 2.53. The maximum Gasteiger partial charge on any atom is 0.407 e. The molecule has 3 rings (SSSR count). The Morgan fingerprint density at radius 2 is 1.57 bits per heavy atom. The second-order valence-corrected chi connectivity index (χ2v) is 19.5. The number of ether oxygens (including phenoxy) is 1. The van der Waals surface area contributed by atoms with E-state index in [1.807, 2.05) is 41.5 Å². The minimum absolute atomic E-state index is 0.138. The van der Waals surface area contributed by atoms with Crippen LogP contribution in [0.3, 0.4) is 0 Å². The topological polar surface area (TPSA) is 183 Å². The largest absolute Gasteiger partial charge is 0.449 e. The van der Waals surface area contributed by atoms with Crippen molar-refractivity contribution >= 4 is 64.9 Å². The molecule has 0 aromatic heterocycles. The number of likely N-dealkylation sites (N-methyl/N-ethyl adjacent to an activating group) is 1. The smallest absolute Gasteiger partial charge is 0.407 e. The summed E-state index contributed by atoms with van der Waals surface area (Å²) in [5.41, 5.74) is -0.478. The van der Waals surface area contributed by atoms with Crippen LogP contribution >= 0.6 is 23.5 Å². The Bertz CT molecular complexity index is 1520. The van der Waals surface area contributed by atoms with Gasteiger partial charge in [-0.25, -0.2) is 4.79 Å². The van der Waals surface area contributed by atoms with Crippen LogP contribution in [0.1, 0.15) is 85.8 Å². The molecule has 2 fully saturated rings. The summed E-state index contributed by atoms with van der Waals surface area (Å²) in [6, 6.07) is 4.42. The number of likely N-dealkylation sites (tertiary alicyclic amines) is 1. The van der Waals surface area contributed by atoms with Crippen LogP contribution in [0.5, 0.6) is 0 Å². The van der Waals surface area contributed by atoms with Gasteiger partial charge in [0.25, 0.3) is 5.91 Å². The quantitative estimate of drug-likeness (QED) is 0.204. The zero-order valence-electron chi connectivity index (χ0n) is 33.0. The molecule has 16 heteroatoms. The zero-order valence-corrected chi connectivity index (χ0v) is 34.7. The van der Waals surface area contributed by atoms with E-state index in [2.05, 4.69) is 21.3 Å². The van der Waals surface area contributed by atoms with E-state index in [0.717, 1.165) is 17.9 Å². The highest BCUT2D eigenvalue weighted by molar-refractivity contribution is 8.18. The fraction of sp³-hybridized carbons (Fsp3) is 0.658. The molecule has 1 aromatic carbocycles. The molecule has 2 heterocycles. The third-order valence-electron chi connectivity index (χ3n) is 8.88. The predicted molar refractivity (Wildman–Crippen MR) is 210 cm³/mol. The number of carbonyl (C=O) groups excluding carboxylic acids is 7. The van der Waals surface area contributed by atoms with Crippen LogP contribution in [0.4, 0.5) is 4.79 Å². The lowest BCUT2D eigenvalue weighted by atomic mass is 9.85. The van der Waals surface area contributed by atoms with Crippen molar-refractivity contribution in [3.05, 3.63) is 35.9 Å². The van der Waals surface area contributed by atoms with Gasteiger partial charge < -0.3 is 35.8 Å². The van der Waals surface area contributed by atoms with Crippen molar-refractivity contribution in [3.63, 3.8) is 0 Å². The molecule has 0 aliphatic carbocycles. The summed E-state index contributed by atoms with van der Waals surface area (Å²) in [6.45, 7) is 12.9. The van der Waals surface area contributed by atoms with Crippen molar-refractivity contribution in [1.29, 1.82) is 0 Å². The van der Waals surface area contributed by atoms with Crippen molar-refractivity contribution in [3.8, 4) is 0 Å².